The monoisotopic (exact) mass is 468 g/mol. The van der Waals surface area contributed by atoms with Crippen molar-refractivity contribution in [2.24, 2.45) is 15.2 Å². The first kappa shape index (κ1) is 20.2. The van der Waals surface area contributed by atoms with Crippen LogP contribution in [0.4, 0.5) is 10.1 Å². The van der Waals surface area contributed by atoms with Crippen molar-refractivity contribution in [3.8, 4) is 5.88 Å². The van der Waals surface area contributed by atoms with Crippen LogP contribution in [0.3, 0.4) is 0 Å². The molecule has 0 unspecified atom stereocenters. The zero-order chi connectivity index (χ0) is 22.4. The number of nitrogens with one attached hydrogen (secondary N) is 1. The molecule has 0 saturated heterocycles. The number of aliphatic imine (C=N–C) groups is 1. The topological polar surface area (TPSA) is 120 Å². The molecule has 0 fully saturated rings. The second-order valence-electron chi connectivity index (χ2n) is 6.68. The molecule has 158 valence electrons. The van der Waals surface area contributed by atoms with Gasteiger partial charge in [0.05, 0.1) is 21.4 Å². The Morgan fingerprint density at radius 1 is 1.16 bits per heavy atom. The van der Waals surface area contributed by atoms with Crippen molar-refractivity contribution in [2.45, 2.75) is 0 Å². The zero-order valence-corrected chi connectivity index (χ0v) is 17.4. The van der Waals surface area contributed by atoms with E-state index < -0.39 is 11.7 Å². The van der Waals surface area contributed by atoms with Crippen LogP contribution in [0, 0.1) is 5.82 Å². The lowest BCUT2D eigenvalue weighted by Gasteiger charge is -1.99. The molecule has 1 aliphatic rings. The minimum atomic E-state index is -0.608. The summed E-state index contributed by atoms with van der Waals surface area (Å²) in [6.07, 6.45) is 2.60. The molecule has 5 rings (SSSR count). The standard InChI is InChI=1S/C21H10ClFN4O4S/c22-10-1-4-15-13(6-10)18(28)9(8-31-15)5-16-19(29)25-21(32-16)27-26-17-12-7-11(23)2-3-14(12)24-20(17)30/h1-8,24,30H. The van der Waals surface area contributed by atoms with E-state index in [0.717, 1.165) is 11.8 Å². The maximum absolute atomic E-state index is 13.5. The minimum absolute atomic E-state index is 0.000348. The summed E-state index contributed by atoms with van der Waals surface area (Å²) in [4.78, 5) is 31.6. The van der Waals surface area contributed by atoms with Crippen molar-refractivity contribution >= 4 is 68.1 Å². The van der Waals surface area contributed by atoms with Crippen molar-refractivity contribution in [3.63, 3.8) is 0 Å². The molecule has 4 aromatic rings. The van der Waals surface area contributed by atoms with Crippen molar-refractivity contribution < 1.29 is 18.7 Å². The maximum atomic E-state index is 13.5. The summed E-state index contributed by atoms with van der Waals surface area (Å²) in [6, 6.07) is 8.57. The number of aromatic hydroxyl groups is 1. The summed E-state index contributed by atoms with van der Waals surface area (Å²) >= 11 is 6.85. The number of aromatic nitrogens is 1. The number of carbonyl (C=O) groups is 1. The highest BCUT2D eigenvalue weighted by molar-refractivity contribution is 8.18. The lowest BCUT2D eigenvalue weighted by atomic mass is 10.1. The Labute approximate surface area is 187 Å². The van der Waals surface area contributed by atoms with Gasteiger partial charge in [-0.25, -0.2) is 4.39 Å². The van der Waals surface area contributed by atoms with E-state index in [0.29, 0.717) is 21.5 Å². The molecule has 8 nitrogen and oxygen atoms in total. The summed E-state index contributed by atoms with van der Waals surface area (Å²) in [6.45, 7) is 0. The minimum Gasteiger partial charge on any atom is -0.493 e. The highest BCUT2D eigenvalue weighted by Gasteiger charge is 2.23. The number of carbonyl (C=O) groups excluding carboxylic acids is 1. The molecule has 0 saturated carbocycles. The second kappa shape index (κ2) is 7.74. The van der Waals surface area contributed by atoms with E-state index in [4.69, 9.17) is 16.0 Å². The van der Waals surface area contributed by atoms with Gasteiger partial charge in [0.25, 0.3) is 5.91 Å². The maximum Gasteiger partial charge on any atom is 0.286 e. The summed E-state index contributed by atoms with van der Waals surface area (Å²) < 4.78 is 19.0. The molecule has 0 atom stereocenters. The molecule has 0 aliphatic carbocycles. The number of aromatic amines is 1. The van der Waals surface area contributed by atoms with Gasteiger partial charge in [0.2, 0.25) is 11.0 Å². The number of hydrogen-bond donors (Lipinski definition) is 2. The summed E-state index contributed by atoms with van der Waals surface area (Å²) in [7, 11) is 0. The van der Waals surface area contributed by atoms with Gasteiger partial charge in [0.15, 0.2) is 11.1 Å². The Balaban J connectivity index is 1.44. The predicted molar refractivity (Wildman–Crippen MR) is 120 cm³/mol. The first-order valence-electron chi connectivity index (χ1n) is 9.04. The van der Waals surface area contributed by atoms with Crippen LogP contribution in [0.1, 0.15) is 5.56 Å². The van der Waals surface area contributed by atoms with Gasteiger partial charge >= 0.3 is 0 Å². The molecular weight excluding hydrogens is 459 g/mol. The fourth-order valence-electron chi connectivity index (χ4n) is 3.13. The molecular formula is C21H10ClFN4O4S. The average Bonchev–Trinajstić information content (AvgIpc) is 3.27. The molecule has 3 heterocycles. The van der Waals surface area contributed by atoms with E-state index in [1.54, 1.807) is 12.1 Å². The van der Waals surface area contributed by atoms with Gasteiger partial charge in [0.1, 0.15) is 17.7 Å². The van der Waals surface area contributed by atoms with Crippen molar-refractivity contribution in [3.05, 3.63) is 74.2 Å². The van der Waals surface area contributed by atoms with E-state index in [2.05, 4.69) is 20.2 Å². The lowest BCUT2D eigenvalue weighted by Crippen LogP contribution is -2.05. The third-order valence-corrected chi connectivity index (χ3v) is 5.71. The normalized spacial score (nSPS) is 15.5. The molecule has 1 aliphatic heterocycles. The number of nitrogens with zero attached hydrogens (tertiary/aromatic N) is 3. The van der Waals surface area contributed by atoms with Gasteiger partial charge in [-0.05, 0) is 54.2 Å². The van der Waals surface area contributed by atoms with Crippen LogP contribution in [0.25, 0.3) is 27.9 Å². The van der Waals surface area contributed by atoms with E-state index in [1.165, 1.54) is 36.6 Å². The van der Waals surface area contributed by atoms with Gasteiger partial charge in [-0.3, -0.25) is 9.59 Å². The third kappa shape index (κ3) is 3.59. The molecule has 2 aromatic carbocycles. The largest absolute Gasteiger partial charge is 0.493 e. The van der Waals surface area contributed by atoms with E-state index in [-0.39, 0.29) is 38.0 Å². The Kier molecular flexibility index (Phi) is 4.87. The number of amides is 1. The quantitative estimate of drug-likeness (QED) is 0.296. The smallest absolute Gasteiger partial charge is 0.286 e. The lowest BCUT2D eigenvalue weighted by molar-refractivity contribution is -0.113. The molecule has 2 aromatic heterocycles. The van der Waals surface area contributed by atoms with Gasteiger partial charge in [0, 0.05) is 10.4 Å². The Bertz CT molecular complexity index is 1590. The molecule has 32 heavy (non-hydrogen) atoms. The molecule has 0 radical (unpaired) electrons. The van der Waals surface area contributed by atoms with Gasteiger partial charge < -0.3 is 14.5 Å². The van der Waals surface area contributed by atoms with Crippen molar-refractivity contribution in [1.29, 1.82) is 0 Å². The van der Waals surface area contributed by atoms with Crippen LogP contribution < -0.4 is 5.43 Å². The third-order valence-electron chi connectivity index (χ3n) is 4.61. The zero-order valence-electron chi connectivity index (χ0n) is 15.8. The summed E-state index contributed by atoms with van der Waals surface area (Å²) in [5.74, 6) is -1.41. The first-order valence-corrected chi connectivity index (χ1v) is 10.2. The Hall–Kier alpha value is -3.76. The van der Waals surface area contributed by atoms with Crippen LogP contribution in [0.15, 0.2) is 72.0 Å². The number of hydrogen-bond acceptors (Lipinski definition) is 7. The number of benzene rings is 2. The average molecular weight is 469 g/mol. The Morgan fingerprint density at radius 3 is 2.84 bits per heavy atom. The second-order valence-corrected chi connectivity index (χ2v) is 8.13. The highest BCUT2D eigenvalue weighted by Crippen LogP contribution is 2.37. The van der Waals surface area contributed by atoms with E-state index in [1.807, 2.05) is 0 Å². The number of H-pyrrole nitrogens is 1. The van der Waals surface area contributed by atoms with Crippen LogP contribution in [-0.2, 0) is 4.79 Å². The molecule has 1 amide bonds. The predicted octanol–water partition coefficient (Wildman–Crippen LogP) is 5.53. The number of halogens is 2. The van der Waals surface area contributed by atoms with Crippen LogP contribution in [0.5, 0.6) is 5.88 Å². The molecule has 0 spiro atoms. The number of rotatable bonds is 2. The number of thioether (sulfide) groups is 1. The van der Waals surface area contributed by atoms with Crippen molar-refractivity contribution in [2.75, 3.05) is 0 Å². The molecule has 2 N–H and O–H groups in total. The first-order chi connectivity index (χ1) is 15.4. The van der Waals surface area contributed by atoms with Gasteiger partial charge in [-0.1, -0.05) is 11.6 Å². The Morgan fingerprint density at radius 2 is 2.00 bits per heavy atom. The summed E-state index contributed by atoms with van der Waals surface area (Å²) in [5.41, 5.74) is 0.648. The highest BCUT2D eigenvalue weighted by atomic mass is 35.5. The van der Waals surface area contributed by atoms with Gasteiger partial charge in [-0.15, -0.1) is 10.2 Å². The van der Waals surface area contributed by atoms with Crippen molar-refractivity contribution in [1.82, 2.24) is 4.98 Å². The number of fused-ring (bicyclic) bond motifs is 2. The van der Waals surface area contributed by atoms with E-state index in [9.17, 15) is 19.1 Å². The SMILES string of the molecule is O=C1N=C(N=Nc2c(O)[nH]c3ccc(F)cc23)SC1=Cc1coc2ccc(Cl)cc2c1=O. The van der Waals surface area contributed by atoms with Gasteiger partial charge in [-0.2, -0.15) is 4.99 Å². The number of amidine groups is 1. The van der Waals surface area contributed by atoms with Crippen LogP contribution in [-0.4, -0.2) is 21.2 Å². The fourth-order valence-corrected chi connectivity index (χ4v) is 4.03. The molecule has 11 heteroatoms. The molecule has 0 bridgehead atoms. The summed E-state index contributed by atoms with van der Waals surface area (Å²) in [5, 5.41) is 18.8. The van der Waals surface area contributed by atoms with Crippen LogP contribution >= 0.6 is 23.4 Å². The van der Waals surface area contributed by atoms with E-state index >= 15 is 0 Å². The number of azo groups is 1. The van der Waals surface area contributed by atoms with Crippen LogP contribution in [0.2, 0.25) is 5.02 Å². The fraction of sp³-hybridized carbons (Fsp3) is 0.